The summed E-state index contributed by atoms with van der Waals surface area (Å²) in [5, 5.41) is 3.52. The first-order valence-corrected chi connectivity index (χ1v) is 10.5. The molecule has 4 saturated carbocycles. The standard InChI is InChI=1S/C22H28ClNO4/c1-27-19-4-3-13(8-17(19)23)9-18(20(25)28-2)24-21(26)22-10-14-5-15(11-22)7-16(6-14)12-22/h3-4,8,14-16,18H,5-7,9-12H2,1-2H3,(H,24,26)/t14?,15?,16?,18-,22?/m0/s1. The van der Waals surface area contributed by atoms with Gasteiger partial charge in [-0.25, -0.2) is 4.79 Å². The maximum atomic E-state index is 13.3. The van der Waals surface area contributed by atoms with Crippen LogP contribution in [-0.2, 0) is 20.7 Å². The highest BCUT2D eigenvalue weighted by atomic mass is 35.5. The molecule has 28 heavy (non-hydrogen) atoms. The number of nitrogens with one attached hydrogen (secondary N) is 1. The number of amides is 1. The van der Waals surface area contributed by atoms with Crippen molar-refractivity contribution in [1.29, 1.82) is 0 Å². The summed E-state index contributed by atoms with van der Waals surface area (Å²) < 4.78 is 10.2. The minimum Gasteiger partial charge on any atom is -0.495 e. The lowest BCUT2D eigenvalue weighted by atomic mass is 9.49. The molecule has 0 radical (unpaired) electrons. The number of methoxy groups -OCH3 is 2. The van der Waals surface area contributed by atoms with Crippen molar-refractivity contribution in [3.63, 3.8) is 0 Å². The molecule has 1 aromatic rings. The monoisotopic (exact) mass is 405 g/mol. The lowest BCUT2D eigenvalue weighted by Crippen LogP contribution is -2.56. The summed E-state index contributed by atoms with van der Waals surface area (Å²) in [5.41, 5.74) is 0.561. The molecule has 1 aromatic carbocycles. The molecule has 152 valence electrons. The third-order valence-corrected chi connectivity index (χ3v) is 7.26. The fourth-order valence-electron chi connectivity index (χ4n) is 6.11. The molecule has 4 bridgehead atoms. The topological polar surface area (TPSA) is 64.6 Å². The van der Waals surface area contributed by atoms with Crippen LogP contribution in [0.2, 0.25) is 5.02 Å². The summed E-state index contributed by atoms with van der Waals surface area (Å²) in [6.45, 7) is 0. The number of rotatable bonds is 6. The van der Waals surface area contributed by atoms with Gasteiger partial charge >= 0.3 is 5.97 Å². The van der Waals surface area contributed by atoms with Gasteiger partial charge in [0.25, 0.3) is 0 Å². The first-order chi connectivity index (χ1) is 13.4. The zero-order valence-electron chi connectivity index (χ0n) is 16.5. The maximum absolute atomic E-state index is 13.3. The Hall–Kier alpha value is -1.75. The average molecular weight is 406 g/mol. The second-order valence-corrected chi connectivity index (χ2v) is 9.33. The van der Waals surface area contributed by atoms with Crippen LogP contribution in [0.5, 0.6) is 5.75 Å². The van der Waals surface area contributed by atoms with E-state index in [0.717, 1.165) is 24.8 Å². The summed E-state index contributed by atoms with van der Waals surface area (Å²) in [7, 11) is 2.91. The van der Waals surface area contributed by atoms with Crippen LogP contribution in [-0.4, -0.2) is 32.1 Å². The van der Waals surface area contributed by atoms with E-state index < -0.39 is 12.0 Å². The minimum atomic E-state index is -0.713. The third kappa shape index (κ3) is 3.61. The van der Waals surface area contributed by atoms with Gasteiger partial charge in [0, 0.05) is 11.8 Å². The van der Waals surface area contributed by atoms with Gasteiger partial charge < -0.3 is 14.8 Å². The molecule has 0 spiro atoms. The fourth-order valence-corrected chi connectivity index (χ4v) is 6.39. The molecule has 0 aromatic heterocycles. The second-order valence-electron chi connectivity index (χ2n) is 8.92. The van der Waals surface area contributed by atoms with Crippen molar-refractivity contribution in [3.8, 4) is 5.75 Å². The number of hydrogen-bond donors (Lipinski definition) is 1. The highest BCUT2D eigenvalue weighted by Gasteiger charge is 2.55. The summed E-state index contributed by atoms with van der Waals surface area (Å²) in [6.07, 6.45) is 7.06. The zero-order valence-corrected chi connectivity index (χ0v) is 17.3. The van der Waals surface area contributed by atoms with Gasteiger partial charge in [-0.1, -0.05) is 17.7 Å². The number of carbonyl (C=O) groups excluding carboxylic acids is 2. The number of esters is 1. The van der Waals surface area contributed by atoms with Crippen molar-refractivity contribution in [2.45, 2.75) is 51.0 Å². The van der Waals surface area contributed by atoms with E-state index in [0.29, 0.717) is 34.9 Å². The quantitative estimate of drug-likeness (QED) is 0.732. The molecule has 4 fully saturated rings. The first-order valence-electron chi connectivity index (χ1n) is 10.1. The van der Waals surface area contributed by atoms with E-state index in [1.54, 1.807) is 19.2 Å². The Morgan fingerprint density at radius 1 is 1.14 bits per heavy atom. The molecule has 0 aliphatic heterocycles. The highest BCUT2D eigenvalue weighted by molar-refractivity contribution is 6.32. The fraction of sp³-hybridized carbons (Fsp3) is 0.636. The van der Waals surface area contributed by atoms with E-state index in [-0.39, 0.29) is 11.3 Å². The number of carbonyl (C=O) groups is 2. The molecule has 6 heteroatoms. The lowest BCUT2D eigenvalue weighted by Gasteiger charge is -2.55. The van der Waals surface area contributed by atoms with Crippen molar-refractivity contribution in [2.75, 3.05) is 14.2 Å². The van der Waals surface area contributed by atoms with E-state index in [9.17, 15) is 9.59 Å². The number of hydrogen-bond acceptors (Lipinski definition) is 4. The molecule has 1 N–H and O–H groups in total. The van der Waals surface area contributed by atoms with Gasteiger partial charge in [0.1, 0.15) is 11.8 Å². The molecule has 1 amide bonds. The Balaban J connectivity index is 1.50. The molecule has 5 nitrogen and oxygen atoms in total. The molecule has 5 rings (SSSR count). The summed E-state index contributed by atoms with van der Waals surface area (Å²) in [4.78, 5) is 25.7. The van der Waals surface area contributed by atoms with E-state index in [1.807, 2.05) is 6.07 Å². The van der Waals surface area contributed by atoms with Gasteiger partial charge in [0.2, 0.25) is 5.91 Å². The molecule has 0 unspecified atom stereocenters. The Morgan fingerprint density at radius 3 is 2.25 bits per heavy atom. The summed E-state index contributed by atoms with van der Waals surface area (Å²) in [5.74, 6) is 2.21. The minimum absolute atomic E-state index is 0.0293. The predicted molar refractivity (Wildman–Crippen MR) is 106 cm³/mol. The number of halogens is 1. The van der Waals surface area contributed by atoms with Crippen LogP contribution in [0, 0.1) is 23.2 Å². The van der Waals surface area contributed by atoms with Crippen LogP contribution < -0.4 is 10.1 Å². The molecular formula is C22H28ClNO4. The van der Waals surface area contributed by atoms with Gasteiger partial charge in [0.15, 0.2) is 0 Å². The van der Waals surface area contributed by atoms with Gasteiger partial charge in [-0.2, -0.15) is 0 Å². The van der Waals surface area contributed by atoms with Gasteiger partial charge in [-0.3, -0.25) is 4.79 Å². The number of benzene rings is 1. The first kappa shape index (κ1) is 19.6. The van der Waals surface area contributed by atoms with E-state index in [1.165, 1.54) is 26.4 Å². The van der Waals surface area contributed by atoms with Crippen LogP contribution in [0.15, 0.2) is 18.2 Å². The molecule has 0 saturated heterocycles. The Bertz CT molecular complexity index is 743. The van der Waals surface area contributed by atoms with Crippen molar-refractivity contribution in [3.05, 3.63) is 28.8 Å². The average Bonchev–Trinajstić information content (AvgIpc) is 2.66. The lowest BCUT2D eigenvalue weighted by molar-refractivity contribution is -0.152. The largest absolute Gasteiger partial charge is 0.495 e. The van der Waals surface area contributed by atoms with Crippen LogP contribution in [0.1, 0.15) is 44.1 Å². The van der Waals surface area contributed by atoms with E-state index in [4.69, 9.17) is 21.1 Å². The van der Waals surface area contributed by atoms with Gasteiger partial charge in [-0.15, -0.1) is 0 Å². The van der Waals surface area contributed by atoms with Crippen molar-refractivity contribution in [1.82, 2.24) is 5.32 Å². The van der Waals surface area contributed by atoms with Crippen LogP contribution in [0.25, 0.3) is 0 Å². The Kier molecular flexibility index (Phi) is 5.30. The third-order valence-electron chi connectivity index (χ3n) is 6.97. The summed E-state index contributed by atoms with van der Waals surface area (Å²) in [6, 6.07) is 4.69. The Morgan fingerprint density at radius 2 is 1.75 bits per heavy atom. The van der Waals surface area contributed by atoms with Crippen molar-refractivity contribution < 1.29 is 19.1 Å². The van der Waals surface area contributed by atoms with E-state index in [2.05, 4.69) is 5.32 Å². The maximum Gasteiger partial charge on any atom is 0.328 e. The SMILES string of the molecule is COC(=O)[C@H](Cc1ccc(OC)c(Cl)c1)NC(=O)C12CC3CC(CC(C3)C1)C2. The summed E-state index contributed by atoms with van der Waals surface area (Å²) >= 11 is 6.21. The van der Waals surface area contributed by atoms with Crippen molar-refractivity contribution >= 4 is 23.5 Å². The second kappa shape index (κ2) is 7.58. The predicted octanol–water partition coefficient (Wildman–Crippen LogP) is 3.77. The van der Waals surface area contributed by atoms with Crippen LogP contribution in [0.3, 0.4) is 0 Å². The molecular weight excluding hydrogens is 378 g/mol. The van der Waals surface area contributed by atoms with Gasteiger partial charge in [0.05, 0.1) is 19.2 Å². The van der Waals surface area contributed by atoms with E-state index >= 15 is 0 Å². The smallest absolute Gasteiger partial charge is 0.328 e. The molecule has 0 heterocycles. The number of ether oxygens (including phenoxy) is 2. The normalized spacial score (nSPS) is 31.3. The highest BCUT2D eigenvalue weighted by Crippen LogP contribution is 2.60. The van der Waals surface area contributed by atoms with Crippen molar-refractivity contribution in [2.24, 2.45) is 23.2 Å². The van der Waals surface area contributed by atoms with Crippen LogP contribution >= 0.6 is 11.6 Å². The Labute approximate surface area is 171 Å². The zero-order chi connectivity index (χ0) is 19.9. The molecule has 1 atom stereocenters. The van der Waals surface area contributed by atoms with Gasteiger partial charge in [-0.05, 0) is 74.0 Å². The molecule has 4 aliphatic carbocycles. The molecule has 4 aliphatic rings. The van der Waals surface area contributed by atoms with Crippen LogP contribution in [0.4, 0.5) is 0 Å².